The monoisotopic (exact) mass is 414 g/mol. The van der Waals surface area contributed by atoms with E-state index >= 15 is 0 Å². The standard InChI is InChI=1S/C16H20BrClN4O2/c1-20(2)13-5-21(6-14(13)23)16-9-3-12(18)15-10(11(9)7-24-16)4-19-8-22(15)17/h3,7,13-14,19,23H,4-6,8H2,1-2H3/t13-,14+/m1/s1. The fourth-order valence-electron chi connectivity index (χ4n) is 3.68. The molecule has 130 valence electrons. The Kier molecular flexibility index (Phi) is 4.17. The minimum absolute atomic E-state index is 0.0953. The SMILES string of the molecule is CN(C)[C@@H]1CN(c2occ3c4c(c(Cl)cc23)N(Br)CNC4)C[C@@H]1O. The van der Waals surface area contributed by atoms with E-state index in [9.17, 15) is 5.11 Å². The summed E-state index contributed by atoms with van der Waals surface area (Å²) in [4.78, 5) is 4.15. The number of aliphatic hydroxyl groups is 1. The number of rotatable bonds is 2. The Labute approximate surface area is 154 Å². The van der Waals surface area contributed by atoms with E-state index in [2.05, 4.69) is 31.3 Å². The number of hydrogen-bond donors (Lipinski definition) is 2. The van der Waals surface area contributed by atoms with Crippen LogP contribution in [-0.2, 0) is 6.54 Å². The molecule has 0 bridgehead atoms. The lowest BCUT2D eigenvalue weighted by molar-refractivity contribution is 0.114. The molecule has 2 N–H and O–H groups in total. The van der Waals surface area contributed by atoms with E-state index in [4.69, 9.17) is 16.0 Å². The molecule has 0 radical (unpaired) electrons. The summed E-state index contributed by atoms with van der Waals surface area (Å²) in [5, 5.41) is 16.4. The number of nitrogens with zero attached hydrogens (tertiary/aromatic N) is 3. The molecule has 0 unspecified atom stereocenters. The highest BCUT2D eigenvalue weighted by Gasteiger charge is 2.35. The maximum atomic E-state index is 10.3. The number of furan rings is 1. The molecule has 24 heavy (non-hydrogen) atoms. The Morgan fingerprint density at radius 2 is 2.17 bits per heavy atom. The number of halogens is 2. The van der Waals surface area contributed by atoms with Gasteiger partial charge in [-0.3, -0.25) is 9.24 Å². The normalized spacial score (nSPS) is 24.2. The van der Waals surface area contributed by atoms with Crippen LogP contribution in [-0.4, -0.2) is 56.0 Å². The number of anilines is 2. The largest absolute Gasteiger partial charge is 0.447 e. The molecule has 0 amide bonds. The predicted octanol–water partition coefficient (Wildman–Crippen LogP) is 2.37. The van der Waals surface area contributed by atoms with Crippen molar-refractivity contribution in [3.8, 4) is 0 Å². The van der Waals surface area contributed by atoms with Gasteiger partial charge in [-0.2, -0.15) is 0 Å². The summed E-state index contributed by atoms with van der Waals surface area (Å²) in [6.07, 6.45) is 1.40. The molecule has 6 nitrogen and oxygen atoms in total. The zero-order valence-corrected chi connectivity index (χ0v) is 15.9. The van der Waals surface area contributed by atoms with Crippen LogP contribution in [0, 0.1) is 0 Å². The van der Waals surface area contributed by atoms with Crippen LogP contribution in [0.25, 0.3) is 10.8 Å². The molecule has 1 aromatic heterocycles. The molecule has 2 aliphatic heterocycles. The lowest BCUT2D eigenvalue weighted by Gasteiger charge is -2.27. The zero-order valence-electron chi connectivity index (χ0n) is 13.6. The van der Waals surface area contributed by atoms with Crippen LogP contribution in [0.3, 0.4) is 0 Å². The first-order valence-corrected chi connectivity index (χ1v) is 9.02. The first-order chi connectivity index (χ1) is 11.5. The van der Waals surface area contributed by atoms with Crippen molar-refractivity contribution in [2.45, 2.75) is 18.7 Å². The Morgan fingerprint density at radius 1 is 1.38 bits per heavy atom. The maximum absolute atomic E-state index is 10.3. The minimum Gasteiger partial charge on any atom is -0.447 e. The molecule has 3 heterocycles. The summed E-state index contributed by atoms with van der Waals surface area (Å²) in [5.74, 6) is 0.782. The van der Waals surface area contributed by atoms with Crippen LogP contribution in [0.5, 0.6) is 0 Å². The molecule has 0 spiro atoms. The fourth-order valence-corrected chi connectivity index (χ4v) is 4.69. The van der Waals surface area contributed by atoms with Gasteiger partial charge in [0, 0.05) is 36.0 Å². The average Bonchev–Trinajstić information content (AvgIpc) is 3.10. The smallest absolute Gasteiger partial charge is 0.203 e. The second-order valence-electron chi connectivity index (χ2n) is 6.64. The average molecular weight is 416 g/mol. The Hall–Kier alpha value is -0.990. The zero-order chi connectivity index (χ0) is 17.0. The minimum atomic E-state index is -0.395. The number of nitrogens with one attached hydrogen (secondary N) is 1. The van der Waals surface area contributed by atoms with E-state index in [1.807, 2.05) is 24.1 Å². The van der Waals surface area contributed by atoms with Crippen molar-refractivity contribution < 1.29 is 9.52 Å². The quantitative estimate of drug-likeness (QED) is 0.735. The molecule has 1 fully saturated rings. The highest BCUT2D eigenvalue weighted by atomic mass is 79.9. The van der Waals surface area contributed by atoms with Crippen molar-refractivity contribution in [1.82, 2.24) is 10.2 Å². The Morgan fingerprint density at radius 3 is 2.88 bits per heavy atom. The van der Waals surface area contributed by atoms with Crippen molar-refractivity contribution in [2.24, 2.45) is 0 Å². The summed E-state index contributed by atoms with van der Waals surface area (Å²) in [5.41, 5.74) is 2.11. The first kappa shape index (κ1) is 16.5. The molecule has 1 aromatic carbocycles. The van der Waals surface area contributed by atoms with Gasteiger partial charge in [0.15, 0.2) is 0 Å². The van der Waals surface area contributed by atoms with Crippen molar-refractivity contribution in [2.75, 3.05) is 42.7 Å². The van der Waals surface area contributed by atoms with E-state index in [1.165, 1.54) is 0 Å². The lowest BCUT2D eigenvalue weighted by Crippen LogP contribution is -2.37. The number of β-amino-alcohol motifs (C(OH)–C–C–N with tert-alkyl or cyclic N) is 1. The van der Waals surface area contributed by atoms with Gasteiger partial charge < -0.3 is 19.3 Å². The van der Waals surface area contributed by atoms with Gasteiger partial charge in [0.1, 0.15) is 6.26 Å². The van der Waals surface area contributed by atoms with E-state index in [0.717, 1.165) is 41.0 Å². The number of hydrogen-bond acceptors (Lipinski definition) is 6. The van der Waals surface area contributed by atoms with Gasteiger partial charge in [0.25, 0.3) is 0 Å². The van der Waals surface area contributed by atoms with E-state index in [-0.39, 0.29) is 6.04 Å². The van der Waals surface area contributed by atoms with E-state index in [0.29, 0.717) is 18.2 Å². The second kappa shape index (κ2) is 6.07. The molecule has 2 aliphatic rings. The summed E-state index contributed by atoms with van der Waals surface area (Å²) in [6.45, 7) is 2.74. The number of likely N-dealkylation sites (N-methyl/N-ethyl adjacent to an activating group) is 1. The number of aliphatic hydroxyl groups excluding tert-OH is 1. The summed E-state index contributed by atoms with van der Waals surface area (Å²) >= 11 is 10.1. The second-order valence-corrected chi connectivity index (χ2v) is 7.90. The molecule has 2 aromatic rings. The molecule has 2 atom stereocenters. The van der Waals surface area contributed by atoms with Crippen LogP contribution >= 0.6 is 27.7 Å². The van der Waals surface area contributed by atoms with Crippen molar-refractivity contribution in [1.29, 1.82) is 0 Å². The molecule has 0 saturated carbocycles. The van der Waals surface area contributed by atoms with Crippen LogP contribution in [0.2, 0.25) is 5.02 Å². The van der Waals surface area contributed by atoms with E-state index in [1.54, 1.807) is 6.26 Å². The van der Waals surface area contributed by atoms with E-state index < -0.39 is 6.10 Å². The third kappa shape index (κ3) is 2.50. The van der Waals surface area contributed by atoms with Crippen molar-refractivity contribution in [3.63, 3.8) is 0 Å². The van der Waals surface area contributed by atoms with Gasteiger partial charge in [-0.15, -0.1) is 0 Å². The van der Waals surface area contributed by atoms with Gasteiger partial charge in [-0.1, -0.05) is 11.6 Å². The van der Waals surface area contributed by atoms with Crippen LogP contribution in [0.1, 0.15) is 5.56 Å². The summed E-state index contributed by atoms with van der Waals surface area (Å²) in [6, 6.07) is 2.06. The van der Waals surface area contributed by atoms with Gasteiger partial charge >= 0.3 is 0 Å². The summed E-state index contributed by atoms with van der Waals surface area (Å²) < 4.78 is 7.84. The molecule has 0 aliphatic carbocycles. The van der Waals surface area contributed by atoms with Gasteiger partial charge in [0.05, 0.1) is 45.7 Å². The molecular formula is C16H20BrClN4O2. The maximum Gasteiger partial charge on any atom is 0.203 e. The fraction of sp³-hybridized carbons (Fsp3) is 0.500. The van der Waals surface area contributed by atoms with Gasteiger partial charge in [-0.25, -0.2) is 0 Å². The van der Waals surface area contributed by atoms with Crippen molar-refractivity contribution >= 4 is 50.1 Å². The van der Waals surface area contributed by atoms with Crippen LogP contribution in [0.4, 0.5) is 11.6 Å². The third-order valence-corrected chi connectivity index (χ3v) is 5.82. The molecular weight excluding hydrogens is 396 g/mol. The lowest BCUT2D eigenvalue weighted by atomic mass is 10.0. The van der Waals surface area contributed by atoms with Crippen LogP contribution in [0.15, 0.2) is 16.7 Å². The summed E-state index contributed by atoms with van der Waals surface area (Å²) in [7, 11) is 3.97. The predicted molar refractivity (Wildman–Crippen MR) is 100 cm³/mol. The first-order valence-electron chi connectivity index (χ1n) is 7.93. The molecule has 8 heteroatoms. The topological polar surface area (TPSA) is 55.1 Å². The van der Waals surface area contributed by atoms with Crippen molar-refractivity contribution in [3.05, 3.63) is 22.9 Å². The number of benzene rings is 1. The Balaban J connectivity index is 1.78. The van der Waals surface area contributed by atoms with Gasteiger partial charge in [0.2, 0.25) is 5.88 Å². The van der Waals surface area contributed by atoms with Crippen LogP contribution < -0.4 is 14.1 Å². The molecule has 1 saturated heterocycles. The molecule has 4 rings (SSSR count). The highest BCUT2D eigenvalue weighted by Crippen LogP contribution is 2.43. The van der Waals surface area contributed by atoms with Gasteiger partial charge in [-0.05, 0) is 20.2 Å². The third-order valence-electron chi connectivity index (χ3n) is 4.92. The number of fused-ring (bicyclic) bond motifs is 3. The highest BCUT2D eigenvalue weighted by molar-refractivity contribution is 9.10. The Bertz CT molecular complexity index is 781.